The molecule has 3 aliphatic rings. The SMILES string of the molecule is CC1(C)[C@@H]2CC[C@@]1(CS(=O)(=O)N1CCC[C@@H]1C(=O)[O-])C(=O)C2. The molecule has 0 aromatic heterocycles. The van der Waals surface area contributed by atoms with Gasteiger partial charge in [-0.25, -0.2) is 8.42 Å². The molecule has 2 saturated carbocycles. The second kappa shape index (κ2) is 4.77. The first kappa shape index (κ1) is 15.9. The number of Topliss-reactive ketones (excluding diaryl/α,β-unsaturated/α-hetero) is 1. The molecule has 2 aliphatic carbocycles. The van der Waals surface area contributed by atoms with Crippen LogP contribution in [0.25, 0.3) is 0 Å². The first-order valence-corrected chi connectivity index (χ1v) is 9.46. The third kappa shape index (κ3) is 1.98. The van der Waals surface area contributed by atoms with Gasteiger partial charge < -0.3 is 9.90 Å². The fraction of sp³-hybridized carbons (Fsp3) is 0.867. The van der Waals surface area contributed by atoms with Crippen molar-refractivity contribution in [2.24, 2.45) is 16.7 Å². The number of ketones is 1. The molecule has 0 aromatic rings. The fourth-order valence-corrected chi connectivity index (χ4v) is 7.26. The van der Waals surface area contributed by atoms with Crippen molar-refractivity contribution in [2.45, 2.75) is 52.0 Å². The van der Waals surface area contributed by atoms with E-state index in [4.69, 9.17) is 0 Å². The highest BCUT2D eigenvalue weighted by atomic mass is 32.2. The molecule has 3 atom stereocenters. The Morgan fingerprint density at radius 1 is 1.36 bits per heavy atom. The van der Waals surface area contributed by atoms with E-state index in [0.717, 1.165) is 10.7 Å². The Morgan fingerprint density at radius 3 is 2.55 bits per heavy atom. The standard InChI is InChI=1S/C15H23NO5S/c1-14(2)10-5-6-15(14,12(17)8-10)9-22(20,21)16-7-3-4-11(16)13(18)19/h10-11H,3-9H2,1-2H3,(H,18,19)/p-1/t10-,11-,15-/m1/s1. The van der Waals surface area contributed by atoms with Gasteiger partial charge in [-0.1, -0.05) is 13.8 Å². The van der Waals surface area contributed by atoms with Crippen LogP contribution < -0.4 is 5.11 Å². The van der Waals surface area contributed by atoms with Crippen molar-refractivity contribution in [2.75, 3.05) is 12.3 Å². The van der Waals surface area contributed by atoms with Crippen LogP contribution in [0.3, 0.4) is 0 Å². The molecule has 1 saturated heterocycles. The van der Waals surface area contributed by atoms with Gasteiger partial charge >= 0.3 is 0 Å². The number of carboxylic acids is 1. The molecule has 0 unspecified atom stereocenters. The van der Waals surface area contributed by atoms with Crippen LogP contribution in [0.4, 0.5) is 0 Å². The molecular weight excluding hydrogens is 306 g/mol. The van der Waals surface area contributed by atoms with Gasteiger partial charge in [0.2, 0.25) is 10.0 Å². The molecule has 3 fully saturated rings. The second-order valence-corrected chi connectivity index (χ2v) is 9.43. The van der Waals surface area contributed by atoms with Gasteiger partial charge in [0.25, 0.3) is 0 Å². The zero-order valence-electron chi connectivity index (χ0n) is 13.0. The van der Waals surface area contributed by atoms with Crippen molar-refractivity contribution in [1.29, 1.82) is 0 Å². The lowest BCUT2D eigenvalue weighted by atomic mass is 9.70. The third-order valence-electron chi connectivity index (χ3n) is 6.40. The monoisotopic (exact) mass is 328 g/mol. The van der Waals surface area contributed by atoms with E-state index < -0.39 is 27.4 Å². The molecule has 6 nitrogen and oxygen atoms in total. The topological polar surface area (TPSA) is 94.6 Å². The summed E-state index contributed by atoms with van der Waals surface area (Å²) in [7, 11) is -3.79. The van der Waals surface area contributed by atoms with Crippen LogP contribution in [0.15, 0.2) is 0 Å². The summed E-state index contributed by atoms with van der Waals surface area (Å²) in [6, 6.07) is -1.08. The maximum Gasteiger partial charge on any atom is 0.215 e. The number of carbonyl (C=O) groups excluding carboxylic acids is 2. The van der Waals surface area contributed by atoms with Gasteiger partial charge in [0, 0.05) is 18.4 Å². The van der Waals surface area contributed by atoms with E-state index in [2.05, 4.69) is 0 Å². The maximum absolute atomic E-state index is 12.8. The van der Waals surface area contributed by atoms with Gasteiger partial charge in [0.15, 0.2) is 0 Å². The Kier molecular flexibility index (Phi) is 3.45. The normalized spacial score (nSPS) is 37.8. The minimum Gasteiger partial charge on any atom is -0.548 e. The van der Waals surface area contributed by atoms with Gasteiger partial charge in [0.1, 0.15) is 5.78 Å². The van der Waals surface area contributed by atoms with Gasteiger partial charge in [-0.2, -0.15) is 4.31 Å². The molecule has 1 heterocycles. The lowest BCUT2D eigenvalue weighted by Gasteiger charge is -2.38. The van der Waals surface area contributed by atoms with E-state index in [1.54, 1.807) is 0 Å². The van der Waals surface area contributed by atoms with E-state index in [1.165, 1.54) is 0 Å². The molecule has 0 amide bonds. The number of hydrogen-bond acceptors (Lipinski definition) is 5. The third-order valence-corrected chi connectivity index (χ3v) is 8.41. The number of aliphatic carboxylic acids is 1. The van der Waals surface area contributed by atoms with Crippen molar-refractivity contribution in [3.8, 4) is 0 Å². The van der Waals surface area contributed by atoms with Crippen molar-refractivity contribution >= 4 is 21.8 Å². The number of carbonyl (C=O) groups is 2. The quantitative estimate of drug-likeness (QED) is 0.720. The molecule has 0 N–H and O–H groups in total. The van der Waals surface area contributed by atoms with Crippen LogP contribution in [0.1, 0.15) is 46.0 Å². The lowest BCUT2D eigenvalue weighted by molar-refractivity contribution is -0.309. The average Bonchev–Trinajstić information content (AvgIpc) is 3.02. The minimum absolute atomic E-state index is 0.0292. The minimum atomic E-state index is -3.79. The molecule has 0 spiro atoms. The number of hydrogen-bond donors (Lipinski definition) is 0. The molecule has 7 heteroatoms. The first-order chi connectivity index (χ1) is 10.1. The largest absolute Gasteiger partial charge is 0.548 e. The second-order valence-electron chi connectivity index (χ2n) is 7.51. The van der Waals surface area contributed by atoms with Crippen molar-refractivity contribution in [3.63, 3.8) is 0 Å². The lowest BCUT2D eigenvalue weighted by Crippen LogP contribution is -2.51. The summed E-state index contributed by atoms with van der Waals surface area (Å²) < 4.78 is 26.7. The van der Waals surface area contributed by atoms with Gasteiger partial charge in [-0.05, 0) is 37.0 Å². The number of fused-ring (bicyclic) bond motifs is 2. The van der Waals surface area contributed by atoms with Crippen LogP contribution in [-0.4, -0.2) is 42.8 Å². The highest BCUT2D eigenvalue weighted by Crippen LogP contribution is 2.64. The first-order valence-electron chi connectivity index (χ1n) is 7.85. The molecule has 0 aromatic carbocycles. The number of nitrogens with zero attached hydrogens (tertiary/aromatic N) is 1. The summed E-state index contributed by atoms with van der Waals surface area (Å²) in [5.74, 6) is -1.33. The Balaban J connectivity index is 1.92. The Bertz CT molecular complexity index is 626. The predicted octanol–water partition coefficient (Wildman–Crippen LogP) is -0.0741. The molecule has 2 bridgehead atoms. The Morgan fingerprint density at radius 2 is 2.05 bits per heavy atom. The molecule has 124 valence electrons. The van der Waals surface area contributed by atoms with Crippen molar-refractivity contribution in [3.05, 3.63) is 0 Å². The zero-order chi connectivity index (χ0) is 16.3. The molecule has 22 heavy (non-hydrogen) atoms. The number of sulfonamides is 1. The molecule has 3 rings (SSSR count). The average molecular weight is 328 g/mol. The Labute approximate surface area is 130 Å². The Hall–Kier alpha value is -0.950. The highest BCUT2D eigenvalue weighted by Gasteiger charge is 2.65. The van der Waals surface area contributed by atoms with Crippen LogP contribution in [0.5, 0.6) is 0 Å². The van der Waals surface area contributed by atoms with Gasteiger partial charge in [0.05, 0.1) is 17.8 Å². The van der Waals surface area contributed by atoms with Crippen LogP contribution in [-0.2, 0) is 19.6 Å². The van der Waals surface area contributed by atoms with Gasteiger partial charge in [-0.3, -0.25) is 4.79 Å². The summed E-state index contributed by atoms with van der Waals surface area (Å²) in [5, 5.41) is 11.2. The van der Waals surface area contributed by atoms with Gasteiger partial charge in [-0.15, -0.1) is 0 Å². The molecule has 1 aliphatic heterocycles. The number of carboxylic acid groups (broad SMARTS) is 1. The van der Waals surface area contributed by atoms with E-state index >= 15 is 0 Å². The molecule has 0 radical (unpaired) electrons. The summed E-state index contributed by atoms with van der Waals surface area (Å²) in [6.45, 7) is 4.16. The van der Waals surface area contributed by atoms with Crippen LogP contribution >= 0.6 is 0 Å². The highest BCUT2D eigenvalue weighted by molar-refractivity contribution is 7.89. The number of rotatable bonds is 4. The molecular formula is C15H22NO5S-. The summed E-state index contributed by atoms with van der Waals surface area (Å²) >= 11 is 0. The maximum atomic E-state index is 12.8. The summed E-state index contributed by atoms with van der Waals surface area (Å²) in [4.78, 5) is 23.6. The van der Waals surface area contributed by atoms with E-state index in [-0.39, 0.29) is 35.8 Å². The zero-order valence-corrected chi connectivity index (χ0v) is 13.8. The summed E-state index contributed by atoms with van der Waals surface area (Å²) in [5.41, 5.74) is -1.19. The van der Waals surface area contributed by atoms with E-state index in [9.17, 15) is 23.1 Å². The van der Waals surface area contributed by atoms with Crippen molar-refractivity contribution in [1.82, 2.24) is 4.31 Å². The van der Waals surface area contributed by atoms with E-state index in [1.807, 2.05) is 13.8 Å². The fourth-order valence-electron chi connectivity index (χ4n) is 4.81. The smallest absolute Gasteiger partial charge is 0.215 e. The van der Waals surface area contributed by atoms with Crippen molar-refractivity contribution < 1.29 is 23.1 Å². The van der Waals surface area contributed by atoms with E-state index in [0.29, 0.717) is 19.3 Å². The summed E-state index contributed by atoms with van der Waals surface area (Å²) in [6.07, 6.45) is 2.72. The van der Waals surface area contributed by atoms with Crippen LogP contribution in [0, 0.1) is 16.7 Å². The predicted molar refractivity (Wildman–Crippen MR) is 77.1 cm³/mol. The van der Waals surface area contributed by atoms with Crippen LogP contribution in [0.2, 0.25) is 0 Å².